The molecule has 3 rings (SSSR count). The van der Waals surface area contributed by atoms with Crippen molar-refractivity contribution in [3.05, 3.63) is 29.3 Å². The summed E-state index contributed by atoms with van der Waals surface area (Å²) in [7, 11) is 0. The zero-order chi connectivity index (χ0) is 12.7. The fraction of sp³-hybridized carbons (Fsp3) is 0.533. The van der Waals surface area contributed by atoms with E-state index in [4.69, 9.17) is 4.74 Å². The summed E-state index contributed by atoms with van der Waals surface area (Å²) in [6, 6.07) is 5.95. The summed E-state index contributed by atoms with van der Waals surface area (Å²) in [6.07, 6.45) is 1.32. The van der Waals surface area contributed by atoms with Crippen LogP contribution in [-0.2, 0) is 4.79 Å². The standard InChI is InChI=1S/C15H19NO2/c1-10-4-3-5-14(11(10)2)18-9-15(17)16-7-12-6-13(12)8-16/h3-5,12-13H,6-9H2,1-2H3. The van der Waals surface area contributed by atoms with Gasteiger partial charge in [0.15, 0.2) is 6.61 Å². The number of likely N-dealkylation sites (tertiary alicyclic amines) is 1. The maximum Gasteiger partial charge on any atom is 0.260 e. The van der Waals surface area contributed by atoms with Crippen molar-refractivity contribution >= 4 is 5.91 Å². The van der Waals surface area contributed by atoms with Gasteiger partial charge in [-0.1, -0.05) is 12.1 Å². The first kappa shape index (κ1) is 11.6. The molecule has 18 heavy (non-hydrogen) atoms. The Morgan fingerprint density at radius 1 is 1.33 bits per heavy atom. The van der Waals surface area contributed by atoms with Gasteiger partial charge in [0.2, 0.25) is 0 Å². The van der Waals surface area contributed by atoms with Crippen molar-refractivity contribution in [1.82, 2.24) is 4.90 Å². The van der Waals surface area contributed by atoms with Crippen LogP contribution >= 0.6 is 0 Å². The number of aryl methyl sites for hydroxylation is 1. The molecule has 2 fully saturated rings. The van der Waals surface area contributed by atoms with Gasteiger partial charge in [0, 0.05) is 13.1 Å². The molecule has 1 saturated carbocycles. The van der Waals surface area contributed by atoms with Crippen molar-refractivity contribution in [2.45, 2.75) is 20.3 Å². The molecular weight excluding hydrogens is 226 g/mol. The Morgan fingerprint density at radius 2 is 2.06 bits per heavy atom. The van der Waals surface area contributed by atoms with Gasteiger partial charge in [-0.25, -0.2) is 0 Å². The topological polar surface area (TPSA) is 29.5 Å². The van der Waals surface area contributed by atoms with Crippen LogP contribution in [0.4, 0.5) is 0 Å². The van der Waals surface area contributed by atoms with E-state index in [1.54, 1.807) is 0 Å². The highest BCUT2D eigenvalue weighted by atomic mass is 16.5. The van der Waals surface area contributed by atoms with Gasteiger partial charge in [0.25, 0.3) is 5.91 Å². The molecule has 1 aliphatic heterocycles. The minimum absolute atomic E-state index is 0.128. The third-order valence-corrected chi connectivity index (χ3v) is 4.24. The first-order chi connectivity index (χ1) is 8.65. The van der Waals surface area contributed by atoms with Crippen LogP contribution in [-0.4, -0.2) is 30.5 Å². The van der Waals surface area contributed by atoms with Crippen LogP contribution in [0.1, 0.15) is 17.5 Å². The van der Waals surface area contributed by atoms with Gasteiger partial charge >= 0.3 is 0 Å². The van der Waals surface area contributed by atoms with Gasteiger partial charge in [-0.05, 0) is 49.3 Å². The van der Waals surface area contributed by atoms with Gasteiger partial charge in [0.1, 0.15) is 5.75 Å². The van der Waals surface area contributed by atoms with E-state index in [1.807, 2.05) is 24.0 Å². The Bertz CT molecular complexity index is 473. The van der Waals surface area contributed by atoms with E-state index >= 15 is 0 Å². The highest BCUT2D eigenvalue weighted by Crippen LogP contribution is 2.44. The first-order valence-electron chi connectivity index (χ1n) is 6.62. The molecule has 0 spiro atoms. The average Bonchev–Trinajstić information content (AvgIpc) is 2.97. The predicted molar refractivity (Wildman–Crippen MR) is 69.6 cm³/mol. The lowest BCUT2D eigenvalue weighted by Crippen LogP contribution is -2.34. The molecule has 0 bridgehead atoms. The SMILES string of the molecule is Cc1cccc(OCC(=O)N2CC3CC3C2)c1C. The fourth-order valence-electron chi connectivity index (χ4n) is 2.71. The van der Waals surface area contributed by atoms with Gasteiger partial charge in [-0.15, -0.1) is 0 Å². The number of carbonyl (C=O) groups excluding carboxylic acids is 1. The van der Waals surface area contributed by atoms with E-state index in [0.29, 0.717) is 0 Å². The summed E-state index contributed by atoms with van der Waals surface area (Å²) in [4.78, 5) is 13.9. The van der Waals surface area contributed by atoms with Crippen molar-refractivity contribution < 1.29 is 9.53 Å². The maximum absolute atomic E-state index is 12.0. The summed E-state index contributed by atoms with van der Waals surface area (Å²) in [5, 5.41) is 0. The van der Waals surface area contributed by atoms with Gasteiger partial charge in [0.05, 0.1) is 0 Å². The van der Waals surface area contributed by atoms with Gasteiger partial charge < -0.3 is 9.64 Å². The van der Waals surface area contributed by atoms with E-state index in [2.05, 4.69) is 13.0 Å². The van der Waals surface area contributed by atoms with Crippen LogP contribution in [0.25, 0.3) is 0 Å². The number of piperidine rings is 1. The van der Waals surface area contributed by atoms with Gasteiger partial charge in [-0.2, -0.15) is 0 Å². The predicted octanol–water partition coefficient (Wildman–Crippen LogP) is 2.16. The van der Waals surface area contributed by atoms with Crippen LogP contribution in [0.2, 0.25) is 0 Å². The third-order valence-electron chi connectivity index (χ3n) is 4.24. The van der Waals surface area contributed by atoms with E-state index in [9.17, 15) is 4.79 Å². The second-order valence-corrected chi connectivity index (χ2v) is 5.54. The summed E-state index contributed by atoms with van der Waals surface area (Å²) in [5.41, 5.74) is 2.32. The second-order valence-electron chi connectivity index (χ2n) is 5.54. The smallest absolute Gasteiger partial charge is 0.260 e. The average molecular weight is 245 g/mol. The molecule has 1 amide bonds. The Morgan fingerprint density at radius 3 is 2.78 bits per heavy atom. The highest BCUT2D eigenvalue weighted by molar-refractivity contribution is 5.78. The molecule has 1 heterocycles. The van der Waals surface area contributed by atoms with Crippen LogP contribution < -0.4 is 4.74 Å². The number of rotatable bonds is 3. The number of amides is 1. The number of ether oxygens (including phenoxy) is 1. The molecule has 0 N–H and O–H groups in total. The molecule has 3 nitrogen and oxygen atoms in total. The lowest BCUT2D eigenvalue weighted by molar-refractivity contribution is -0.132. The van der Waals surface area contributed by atoms with Crippen molar-refractivity contribution in [3.8, 4) is 5.75 Å². The molecule has 0 aromatic heterocycles. The number of fused-ring (bicyclic) bond motifs is 1. The Hall–Kier alpha value is -1.51. The Labute approximate surface area is 108 Å². The van der Waals surface area contributed by atoms with Crippen molar-refractivity contribution in [2.24, 2.45) is 11.8 Å². The third kappa shape index (κ3) is 2.09. The number of hydrogen-bond donors (Lipinski definition) is 0. The number of benzene rings is 1. The van der Waals surface area contributed by atoms with Crippen molar-refractivity contribution in [3.63, 3.8) is 0 Å². The lowest BCUT2D eigenvalue weighted by Gasteiger charge is -2.18. The zero-order valence-electron chi connectivity index (χ0n) is 11.0. The fourth-order valence-corrected chi connectivity index (χ4v) is 2.71. The minimum Gasteiger partial charge on any atom is -0.483 e. The molecule has 1 saturated heterocycles. The quantitative estimate of drug-likeness (QED) is 0.816. The molecule has 1 aromatic rings. The number of nitrogens with zero attached hydrogens (tertiary/aromatic N) is 1. The van der Waals surface area contributed by atoms with E-state index in [0.717, 1.165) is 36.2 Å². The molecule has 2 aliphatic rings. The molecule has 96 valence electrons. The van der Waals surface area contributed by atoms with Crippen LogP contribution in [0.15, 0.2) is 18.2 Å². The Kier molecular flexibility index (Phi) is 2.77. The summed E-state index contributed by atoms with van der Waals surface area (Å²) >= 11 is 0. The summed E-state index contributed by atoms with van der Waals surface area (Å²) in [5.74, 6) is 2.53. The molecular formula is C15H19NO2. The minimum atomic E-state index is 0.128. The van der Waals surface area contributed by atoms with Crippen molar-refractivity contribution in [1.29, 1.82) is 0 Å². The van der Waals surface area contributed by atoms with Gasteiger partial charge in [-0.3, -0.25) is 4.79 Å². The monoisotopic (exact) mass is 245 g/mol. The maximum atomic E-state index is 12.0. The first-order valence-corrected chi connectivity index (χ1v) is 6.62. The van der Waals surface area contributed by atoms with Crippen LogP contribution in [0.5, 0.6) is 5.75 Å². The van der Waals surface area contributed by atoms with Crippen molar-refractivity contribution in [2.75, 3.05) is 19.7 Å². The number of carbonyl (C=O) groups is 1. The second kappa shape index (κ2) is 4.30. The largest absolute Gasteiger partial charge is 0.483 e. The molecule has 3 heteroatoms. The zero-order valence-corrected chi connectivity index (χ0v) is 11.0. The lowest BCUT2D eigenvalue weighted by atomic mass is 10.1. The normalized spacial score (nSPS) is 24.9. The van der Waals surface area contributed by atoms with E-state index in [-0.39, 0.29) is 12.5 Å². The number of hydrogen-bond acceptors (Lipinski definition) is 2. The summed E-state index contributed by atoms with van der Waals surface area (Å²) in [6.45, 7) is 6.14. The molecule has 1 aliphatic carbocycles. The summed E-state index contributed by atoms with van der Waals surface area (Å²) < 4.78 is 5.65. The Balaban J connectivity index is 1.57. The van der Waals surface area contributed by atoms with E-state index < -0.39 is 0 Å². The molecule has 1 aromatic carbocycles. The van der Waals surface area contributed by atoms with E-state index in [1.165, 1.54) is 12.0 Å². The van der Waals surface area contributed by atoms with Crippen LogP contribution in [0, 0.1) is 25.7 Å². The molecule has 2 atom stereocenters. The molecule has 2 unspecified atom stereocenters. The molecule has 0 radical (unpaired) electrons. The highest BCUT2D eigenvalue weighted by Gasteiger charge is 2.46. The van der Waals surface area contributed by atoms with Crippen LogP contribution in [0.3, 0.4) is 0 Å².